The van der Waals surface area contributed by atoms with E-state index in [9.17, 15) is 0 Å². The Kier molecular flexibility index (Phi) is 3.49. The molecule has 0 unspecified atom stereocenters. The van der Waals surface area contributed by atoms with Gasteiger partial charge in [-0.25, -0.2) is 9.67 Å². The third-order valence-corrected chi connectivity index (χ3v) is 3.87. The number of rotatable bonds is 4. The van der Waals surface area contributed by atoms with Gasteiger partial charge in [0.15, 0.2) is 0 Å². The molecule has 1 aromatic carbocycles. The van der Waals surface area contributed by atoms with Gasteiger partial charge in [0.05, 0.1) is 6.54 Å². The Labute approximate surface area is 113 Å². The van der Waals surface area contributed by atoms with Crippen molar-refractivity contribution in [3.63, 3.8) is 0 Å². The van der Waals surface area contributed by atoms with Crippen LogP contribution in [0.3, 0.4) is 0 Å². The van der Waals surface area contributed by atoms with Crippen LogP contribution in [0.2, 0.25) is 0 Å². The maximum atomic E-state index is 4.17. The maximum Gasteiger partial charge on any atom is 0.137 e. The van der Waals surface area contributed by atoms with Gasteiger partial charge in [0.1, 0.15) is 12.7 Å². The smallest absolute Gasteiger partial charge is 0.137 e. The van der Waals surface area contributed by atoms with Gasteiger partial charge >= 0.3 is 0 Å². The lowest BCUT2D eigenvalue weighted by molar-refractivity contribution is 0.602. The van der Waals surface area contributed by atoms with Crippen molar-refractivity contribution in [1.29, 1.82) is 0 Å². The molecule has 2 aromatic rings. The average molecular weight is 256 g/mol. The first-order valence-corrected chi connectivity index (χ1v) is 6.98. The lowest BCUT2D eigenvalue weighted by atomic mass is 10.1. The highest BCUT2D eigenvalue weighted by molar-refractivity contribution is 5.52. The van der Waals surface area contributed by atoms with Crippen molar-refractivity contribution in [3.8, 4) is 0 Å². The predicted molar refractivity (Wildman–Crippen MR) is 76.0 cm³/mol. The Morgan fingerprint density at radius 3 is 2.95 bits per heavy atom. The predicted octanol–water partition coefficient (Wildman–Crippen LogP) is 2.93. The van der Waals surface area contributed by atoms with E-state index in [0.29, 0.717) is 6.04 Å². The van der Waals surface area contributed by atoms with Gasteiger partial charge in [0, 0.05) is 11.7 Å². The molecule has 4 nitrogen and oxygen atoms in total. The summed E-state index contributed by atoms with van der Waals surface area (Å²) in [5, 5.41) is 7.87. The molecule has 0 spiro atoms. The van der Waals surface area contributed by atoms with Crippen LogP contribution in [0.5, 0.6) is 0 Å². The summed E-state index contributed by atoms with van der Waals surface area (Å²) >= 11 is 0. The molecule has 1 N–H and O–H groups in total. The van der Waals surface area contributed by atoms with E-state index in [4.69, 9.17) is 0 Å². The Bertz CT molecular complexity index is 521. The quantitative estimate of drug-likeness (QED) is 0.914. The number of hydrogen-bond acceptors (Lipinski definition) is 3. The largest absolute Gasteiger partial charge is 0.382 e. The Morgan fingerprint density at radius 1 is 1.32 bits per heavy atom. The number of nitrogens with one attached hydrogen (secondary N) is 1. The number of nitrogens with zero attached hydrogens (tertiary/aromatic N) is 3. The van der Waals surface area contributed by atoms with Crippen LogP contribution in [0.4, 0.5) is 5.69 Å². The van der Waals surface area contributed by atoms with E-state index in [1.165, 1.54) is 30.5 Å². The fourth-order valence-electron chi connectivity index (χ4n) is 2.85. The zero-order valence-electron chi connectivity index (χ0n) is 11.3. The first kappa shape index (κ1) is 12.2. The molecule has 0 bridgehead atoms. The summed E-state index contributed by atoms with van der Waals surface area (Å²) in [5.74, 6) is 0.847. The summed E-state index contributed by atoms with van der Waals surface area (Å²) in [6, 6.07) is 9.10. The Hall–Kier alpha value is -1.84. The molecule has 1 aliphatic rings. The second-order valence-electron chi connectivity index (χ2n) is 5.51. The third-order valence-electron chi connectivity index (χ3n) is 3.87. The molecular weight excluding hydrogens is 236 g/mol. The van der Waals surface area contributed by atoms with Crippen LogP contribution in [0, 0.1) is 5.92 Å². The van der Waals surface area contributed by atoms with E-state index >= 15 is 0 Å². The van der Waals surface area contributed by atoms with Crippen LogP contribution in [-0.4, -0.2) is 20.8 Å². The highest BCUT2D eigenvalue weighted by Gasteiger charge is 2.21. The minimum Gasteiger partial charge on any atom is -0.382 e. The van der Waals surface area contributed by atoms with Gasteiger partial charge in [-0.1, -0.05) is 25.1 Å². The van der Waals surface area contributed by atoms with Crippen molar-refractivity contribution in [2.24, 2.45) is 5.92 Å². The fraction of sp³-hybridized carbons (Fsp3) is 0.467. The normalized spacial score (nSPS) is 22.6. The summed E-state index contributed by atoms with van der Waals surface area (Å²) in [5.41, 5.74) is 2.50. The maximum absolute atomic E-state index is 4.17. The minimum atomic E-state index is 0.617. The molecule has 0 radical (unpaired) electrons. The number of aromatic nitrogens is 3. The lowest BCUT2D eigenvalue weighted by Gasteiger charge is -2.17. The molecule has 1 aliphatic carbocycles. The van der Waals surface area contributed by atoms with Crippen LogP contribution >= 0.6 is 0 Å². The zero-order chi connectivity index (χ0) is 13.1. The van der Waals surface area contributed by atoms with Crippen molar-refractivity contribution in [3.05, 3.63) is 42.5 Å². The molecule has 1 saturated carbocycles. The molecule has 3 rings (SSSR count). The number of hydrogen-bond donors (Lipinski definition) is 1. The van der Waals surface area contributed by atoms with Crippen LogP contribution in [-0.2, 0) is 6.54 Å². The van der Waals surface area contributed by atoms with Crippen molar-refractivity contribution < 1.29 is 0 Å². The number of para-hydroxylation sites is 1. The average Bonchev–Trinajstić information content (AvgIpc) is 3.04. The summed E-state index contributed by atoms with van der Waals surface area (Å²) in [6.07, 6.45) is 7.22. The van der Waals surface area contributed by atoms with Crippen molar-refractivity contribution in [2.75, 3.05) is 5.32 Å². The minimum absolute atomic E-state index is 0.617. The molecule has 100 valence electrons. The van der Waals surface area contributed by atoms with Gasteiger partial charge in [-0.3, -0.25) is 0 Å². The van der Waals surface area contributed by atoms with Crippen molar-refractivity contribution >= 4 is 5.69 Å². The van der Waals surface area contributed by atoms with E-state index in [2.05, 4.69) is 46.6 Å². The molecule has 0 saturated heterocycles. The van der Waals surface area contributed by atoms with E-state index in [-0.39, 0.29) is 0 Å². The van der Waals surface area contributed by atoms with Gasteiger partial charge in [-0.2, -0.15) is 5.10 Å². The first-order chi connectivity index (χ1) is 9.31. The number of benzene rings is 1. The second-order valence-corrected chi connectivity index (χ2v) is 5.51. The highest BCUT2D eigenvalue weighted by Crippen LogP contribution is 2.28. The summed E-state index contributed by atoms with van der Waals surface area (Å²) < 4.78 is 1.86. The molecule has 1 heterocycles. The van der Waals surface area contributed by atoms with Gasteiger partial charge in [-0.15, -0.1) is 0 Å². The Morgan fingerprint density at radius 2 is 2.21 bits per heavy atom. The molecule has 0 aliphatic heterocycles. The molecule has 1 aromatic heterocycles. The van der Waals surface area contributed by atoms with Crippen LogP contribution in [0.15, 0.2) is 36.9 Å². The van der Waals surface area contributed by atoms with E-state index in [1.807, 2.05) is 4.68 Å². The molecule has 4 heteroatoms. The monoisotopic (exact) mass is 256 g/mol. The van der Waals surface area contributed by atoms with Crippen LogP contribution < -0.4 is 5.32 Å². The van der Waals surface area contributed by atoms with Crippen LogP contribution in [0.25, 0.3) is 0 Å². The van der Waals surface area contributed by atoms with E-state index in [0.717, 1.165) is 12.5 Å². The number of anilines is 1. The zero-order valence-corrected chi connectivity index (χ0v) is 11.3. The second kappa shape index (κ2) is 5.43. The van der Waals surface area contributed by atoms with Crippen LogP contribution in [0.1, 0.15) is 31.7 Å². The SMILES string of the molecule is C[C@@H]1CC[C@@H](Nc2ccccc2Cn2cncn2)C1. The molecule has 19 heavy (non-hydrogen) atoms. The van der Waals surface area contributed by atoms with Gasteiger partial charge in [0.2, 0.25) is 0 Å². The van der Waals surface area contributed by atoms with Gasteiger partial charge < -0.3 is 5.32 Å². The van der Waals surface area contributed by atoms with E-state index < -0.39 is 0 Å². The Balaban J connectivity index is 1.73. The summed E-state index contributed by atoms with van der Waals surface area (Å²) in [4.78, 5) is 3.99. The highest BCUT2D eigenvalue weighted by atomic mass is 15.3. The molecular formula is C15H20N4. The first-order valence-electron chi connectivity index (χ1n) is 6.98. The lowest BCUT2D eigenvalue weighted by Crippen LogP contribution is -2.17. The molecule has 2 atom stereocenters. The van der Waals surface area contributed by atoms with E-state index in [1.54, 1.807) is 12.7 Å². The standard InChI is InChI=1S/C15H20N4/c1-12-6-7-14(8-12)18-15-5-3-2-4-13(15)9-19-11-16-10-17-19/h2-5,10-12,14,18H,6-9H2,1H3/t12-,14-/m1/s1. The van der Waals surface area contributed by atoms with Crippen molar-refractivity contribution in [1.82, 2.24) is 14.8 Å². The molecule has 1 fully saturated rings. The molecule has 0 amide bonds. The topological polar surface area (TPSA) is 42.7 Å². The van der Waals surface area contributed by atoms with Gasteiger partial charge in [0.25, 0.3) is 0 Å². The summed E-state index contributed by atoms with van der Waals surface area (Å²) in [7, 11) is 0. The summed E-state index contributed by atoms with van der Waals surface area (Å²) in [6.45, 7) is 3.11. The fourth-order valence-corrected chi connectivity index (χ4v) is 2.85. The third kappa shape index (κ3) is 2.95. The van der Waals surface area contributed by atoms with Gasteiger partial charge in [-0.05, 0) is 36.8 Å². The van der Waals surface area contributed by atoms with Crippen molar-refractivity contribution in [2.45, 2.75) is 38.8 Å².